The number of nitrogens with zero attached hydrogens (tertiary/aromatic N) is 1. The number of hydroxylamine groups is 1. The molecule has 0 rings (SSSR count). The van der Waals surface area contributed by atoms with Crippen molar-refractivity contribution in [3.8, 4) is 0 Å². The normalized spacial score (nSPS) is 8.30. The highest BCUT2D eigenvalue weighted by Crippen LogP contribution is 1.79. The van der Waals surface area contributed by atoms with Crippen LogP contribution in [0.2, 0.25) is 0 Å². The van der Waals surface area contributed by atoms with Gasteiger partial charge in [-0.1, -0.05) is 0 Å². The van der Waals surface area contributed by atoms with Crippen LogP contribution in [-0.2, 0) is 9.63 Å². The summed E-state index contributed by atoms with van der Waals surface area (Å²) in [6.45, 7) is 1.16. The lowest BCUT2D eigenvalue weighted by atomic mass is 10.8. The zero-order valence-corrected chi connectivity index (χ0v) is 5.42. The second kappa shape index (κ2) is 3.64. The molecule has 0 atom stereocenters. The van der Waals surface area contributed by atoms with E-state index in [9.17, 15) is 4.79 Å². The highest BCUT2D eigenvalue weighted by Gasteiger charge is 2.05. The zero-order chi connectivity index (χ0) is 8.15. The zero-order valence-electron chi connectivity index (χ0n) is 5.42. The van der Waals surface area contributed by atoms with Crippen molar-refractivity contribution >= 4 is 11.9 Å². The monoisotopic (exact) mass is 147 g/mol. The van der Waals surface area contributed by atoms with E-state index in [-0.39, 0.29) is 0 Å². The molecule has 0 aromatic heterocycles. The Labute approximate surface area is 57.3 Å². The average Bonchev–Trinajstić information content (AvgIpc) is 1.85. The van der Waals surface area contributed by atoms with E-state index < -0.39 is 11.9 Å². The summed E-state index contributed by atoms with van der Waals surface area (Å²) in [6.07, 6.45) is 0. The first kappa shape index (κ1) is 8.66. The van der Waals surface area contributed by atoms with E-state index in [0.717, 1.165) is 6.92 Å². The van der Waals surface area contributed by atoms with Gasteiger partial charge in [-0.15, -0.1) is 5.17 Å². The van der Waals surface area contributed by atoms with E-state index in [2.05, 4.69) is 4.84 Å². The summed E-state index contributed by atoms with van der Waals surface area (Å²) < 4.78 is 0. The highest BCUT2D eigenvalue weighted by molar-refractivity contribution is 5.76. The third-order valence-corrected chi connectivity index (χ3v) is 0.584. The van der Waals surface area contributed by atoms with E-state index in [0.29, 0.717) is 5.17 Å². The SMILES string of the molecule is CC(=O)ON(N)C(=N)NN. The van der Waals surface area contributed by atoms with Crippen molar-refractivity contribution in [2.45, 2.75) is 6.92 Å². The quantitative estimate of drug-likeness (QED) is 0.137. The molecule has 58 valence electrons. The Morgan fingerprint density at radius 3 is 2.60 bits per heavy atom. The molecule has 7 heteroatoms. The van der Waals surface area contributed by atoms with Gasteiger partial charge in [-0.25, -0.2) is 16.5 Å². The van der Waals surface area contributed by atoms with Crippen LogP contribution in [0.5, 0.6) is 0 Å². The minimum atomic E-state index is -0.623. The van der Waals surface area contributed by atoms with Crippen molar-refractivity contribution in [3.63, 3.8) is 0 Å². The molecule has 0 heterocycles. The van der Waals surface area contributed by atoms with Gasteiger partial charge in [0.1, 0.15) is 0 Å². The summed E-state index contributed by atoms with van der Waals surface area (Å²) in [4.78, 5) is 14.4. The molecule has 0 radical (unpaired) electrons. The Hall–Kier alpha value is -1.34. The Morgan fingerprint density at radius 2 is 2.30 bits per heavy atom. The number of hydrogen-bond acceptors (Lipinski definition) is 5. The standard InChI is InChI=1S/C3H9N5O2/c1-2(9)10-8(6)3(4)7-5/h5-6H2,1H3,(H2,4,7). The van der Waals surface area contributed by atoms with Gasteiger partial charge >= 0.3 is 5.97 Å². The number of carbonyl (C=O) groups excluding carboxylic acids is 1. The Bertz CT molecular complexity index is 146. The molecule has 0 bridgehead atoms. The Morgan fingerprint density at radius 1 is 1.80 bits per heavy atom. The first-order chi connectivity index (χ1) is 4.57. The first-order valence-electron chi connectivity index (χ1n) is 2.36. The Balaban J connectivity index is 3.72. The van der Waals surface area contributed by atoms with Crippen LogP contribution < -0.4 is 17.1 Å². The van der Waals surface area contributed by atoms with Gasteiger partial charge in [0.2, 0.25) is 0 Å². The molecule has 10 heavy (non-hydrogen) atoms. The van der Waals surface area contributed by atoms with Gasteiger partial charge in [0.25, 0.3) is 5.96 Å². The number of nitrogens with two attached hydrogens (primary N) is 2. The molecule has 0 amide bonds. The van der Waals surface area contributed by atoms with Crippen LogP contribution in [0.25, 0.3) is 0 Å². The van der Waals surface area contributed by atoms with Crippen molar-refractivity contribution < 1.29 is 9.63 Å². The summed E-state index contributed by atoms with van der Waals surface area (Å²) in [5, 5.41) is 7.24. The largest absolute Gasteiger partial charge is 0.331 e. The fourth-order valence-corrected chi connectivity index (χ4v) is 0.248. The van der Waals surface area contributed by atoms with Crippen molar-refractivity contribution in [2.75, 3.05) is 0 Å². The van der Waals surface area contributed by atoms with Crippen LogP contribution in [0.1, 0.15) is 6.92 Å². The van der Waals surface area contributed by atoms with E-state index in [4.69, 9.17) is 17.1 Å². The number of carbonyl (C=O) groups is 1. The fourth-order valence-electron chi connectivity index (χ4n) is 0.248. The minimum Gasteiger partial charge on any atom is -0.323 e. The first-order valence-corrected chi connectivity index (χ1v) is 2.36. The third-order valence-electron chi connectivity index (χ3n) is 0.584. The molecule has 7 nitrogen and oxygen atoms in total. The van der Waals surface area contributed by atoms with Crippen LogP contribution in [0, 0.1) is 5.41 Å². The fraction of sp³-hybridized carbons (Fsp3) is 0.333. The van der Waals surface area contributed by atoms with Crippen LogP contribution in [0.15, 0.2) is 0 Å². The molecule has 0 aliphatic rings. The lowest BCUT2D eigenvalue weighted by molar-refractivity contribution is -0.171. The molecular weight excluding hydrogens is 138 g/mol. The second-order valence-corrected chi connectivity index (χ2v) is 1.40. The van der Waals surface area contributed by atoms with Gasteiger partial charge < -0.3 is 4.84 Å². The molecule has 0 aromatic rings. The molecule has 0 aliphatic carbocycles. The van der Waals surface area contributed by atoms with E-state index >= 15 is 0 Å². The smallest absolute Gasteiger partial charge is 0.323 e. The summed E-state index contributed by atoms with van der Waals surface area (Å²) in [6, 6.07) is 0. The topological polar surface area (TPSA) is 117 Å². The Kier molecular flexibility index (Phi) is 3.15. The third kappa shape index (κ3) is 2.84. The minimum absolute atomic E-state index is 0.407. The van der Waals surface area contributed by atoms with Gasteiger partial charge in [0.05, 0.1) is 0 Å². The predicted molar refractivity (Wildman–Crippen MR) is 32.8 cm³/mol. The van der Waals surface area contributed by atoms with Crippen LogP contribution in [0.4, 0.5) is 0 Å². The molecular formula is C3H9N5O2. The summed E-state index contributed by atoms with van der Waals surface area (Å²) >= 11 is 0. The maximum atomic E-state index is 10.2. The van der Waals surface area contributed by atoms with Crippen molar-refractivity contribution in [2.24, 2.45) is 11.7 Å². The molecule has 0 aliphatic heterocycles. The predicted octanol–water partition coefficient (Wildman–Crippen LogP) is -1.96. The maximum absolute atomic E-state index is 10.2. The van der Waals surface area contributed by atoms with Crippen molar-refractivity contribution in [1.29, 1.82) is 5.41 Å². The second-order valence-electron chi connectivity index (χ2n) is 1.40. The van der Waals surface area contributed by atoms with Crippen LogP contribution in [-0.4, -0.2) is 17.1 Å². The summed E-state index contributed by atoms with van der Waals surface area (Å²) in [7, 11) is 0. The van der Waals surface area contributed by atoms with Gasteiger partial charge in [0.15, 0.2) is 0 Å². The number of hydrogen-bond donors (Lipinski definition) is 4. The van der Waals surface area contributed by atoms with Crippen molar-refractivity contribution in [1.82, 2.24) is 10.6 Å². The van der Waals surface area contributed by atoms with E-state index in [1.165, 1.54) is 0 Å². The number of rotatable bonds is 0. The van der Waals surface area contributed by atoms with Gasteiger partial charge in [0, 0.05) is 6.92 Å². The average molecular weight is 147 g/mol. The molecule has 0 aromatic carbocycles. The molecule has 0 saturated carbocycles. The lowest BCUT2D eigenvalue weighted by Gasteiger charge is -2.14. The molecule has 0 saturated heterocycles. The molecule has 0 spiro atoms. The molecule has 0 fully saturated rings. The lowest BCUT2D eigenvalue weighted by Crippen LogP contribution is -2.48. The van der Waals surface area contributed by atoms with Crippen molar-refractivity contribution in [3.05, 3.63) is 0 Å². The molecule has 6 N–H and O–H groups in total. The number of guanidine groups is 1. The van der Waals surface area contributed by atoms with Gasteiger partial charge in [-0.05, 0) is 0 Å². The summed E-state index contributed by atoms with van der Waals surface area (Å²) in [5.41, 5.74) is 1.88. The van der Waals surface area contributed by atoms with Gasteiger partial charge in [-0.2, -0.15) is 0 Å². The maximum Gasteiger partial charge on any atom is 0.331 e. The van der Waals surface area contributed by atoms with Crippen LogP contribution in [0.3, 0.4) is 0 Å². The van der Waals surface area contributed by atoms with Gasteiger partial charge in [-0.3, -0.25) is 10.8 Å². The summed E-state index contributed by atoms with van der Waals surface area (Å²) in [5.74, 6) is 8.68. The number of nitrogens with one attached hydrogen (secondary N) is 2. The van der Waals surface area contributed by atoms with E-state index in [1.54, 1.807) is 0 Å². The van der Waals surface area contributed by atoms with E-state index in [1.807, 2.05) is 5.43 Å². The number of hydrazine groups is 2. The highest BCUT2D eigenvalue weighted by atomic mass is 16.7. The molecule has 0 unspecified atom stereocenters. The van der Waals surface area contributed by atoms with Crippen LogP contribution >= 0.6 is 0 Å².